The monoisotopic (exact) mass is 524 g/mol. The highest BCUT2D eigenvalue weighted by molar-refractivity contribution is 7.91. The van der Waals surface area contributed by atoms with Gasteiger partial charge >= 0.3 is 0 Å². The fraction of sp³-hybridized carbons (Fsp3) is 0. The smallest absolute Gasteiger partial charge is 0.282 e. The number of fused-ring (bicyclic) bond motifs is 2. The van der Waals surface area contributed by atoms with Gasteiger partial charge in [0.05, 0.1) is 9.79 Å². The Balaban J connectivity index is 0.000000141. The van der Waals surface area contributed by atoms with Gasteiger partial charge in [-0.15, -0.1) is 0 Å². The predicted octanol–water partition coefficient (Wildman–Crippen LogP) is -0.00700. The molecule has 12 heteroatoms. The molecule has 184 valence electrons. The number of benzene rings is 2. The van der Waals surface area contributed by atoms with E-state index in [9.17, 15) is 27.0 Å². The van der Waals surface area contributed by atoms with Gasteiger partial charge in [0.2, 0.25) is 0 Å². The van der Waals surface area contributed by atoms with Gasteiger partial charge in [-0.05, 0) is 12.1 Å². The van der Waals surface area contributed by atoms with Crippen molar-refractivity contribution in [3.05, 3.63) is 121 Å². The van der Waals surface area contributed by atoms with Gasteiger partial charge in [0.15, 0.2) is 24.8 Å². The van der Waals surface area contributed by atoms with E-state index in [1.54, 1.807) is 24.3 Å². The van der Waals surface area contributed by atoms with Gasteiger partial charge < -0.3 is 10.2 Å². The zero-order valence-electron chi connectivity index (χ0n) is 18.6. The second-order valence-corrected chi connectivity index (χ2v) is 10.0. The predicted molar refractivity (Wildman–Crippen MR) is 126 cm³/mol. The first-order chi connectivity index (χ1) is 17.2. The second kappa shape index (κ2) is 11.8. The largest absolute Gasteiger partial charge is 0.858 e. The van der Waals surface area contributed by atoms with Crippen LogP contribution in [0.15, 0.2) is 128 Å². The first-order valence-corrected chi connectivity index (χ1v) is 13.2. The Kier molecular flexibility index (Phi) is 8.60. The van der Waals surface area contributed by atoms with E-state index < -0.39 is 31.8 Å². The van der Waals surface area contributed by atoms with Crippen LogP contribution in [0.4, 0.5) is 0 Å². The Morgan fingerprint density at radius 3 is 1.08 bits per heavy atom. The van der Waals surface area contributed by atoms with Crippen molar-refractivity contribution in [3.63, 3.8) is 0 Å². The van der Waals surface area contributed by atoms with Crippen LogP contribution in [0, 0.1) is 0 Å². The SMILES string of the molecule is O=S1(=O)N=C([O-])c2ccccc21.O=S1(=O)N=C([O-])c2ccccc21.c1cc[nH+]cc1.c1cc[nH+]cc1. The van der Waals surface area contributed by atoms with Gasteiger partial charge in [0, 0.05) is 47.2 Å². The molecular formula is C24H20N4O6S2. The van der Waals surface area contributed by atoms with Crippen molar-refractivity contribution in [2.75, 3.05) is 0 Å². The molecule has 4 aromatic rings. The maximum absolute atomic E-state index is 11.1. The molecule has 0 aliphatic carbocycles. The molecule has 0 atom stereocenters. The molecule has 4 heterocycles. The molecule has 0 spiro atoms. The lowest BCUT2D eigenvalue weighted by molar-refractivity contribution is -0.378. The molecule has 0 unspecified atom stereocenters. The zero-order valence-corrected chi connectivity index (χ0v) is 20.2. The molecule has 10 nitrogen and oxygen atoms in total. The van der Waals surface area contributed by atoms with Gasteiger partial charge in [0.25, 0.3) is 20.0 Å². The molecule has 2 N–H and O–H groups in total. The average Bonchev–Trinajstić information content (AvgIpc) is 3.29. The van der Waals surface area contributed by atoms with E-state index in [1.807, 2.05) is 61.2 Å². The van der Waals surface area contributed by atoms with E-state index in [2.05, 4.69) is 18.8 Å². The third kappa shape index (κ3) is 6.81. The summed E-state index contributed by atoms with van der Waals surface area (Å²) in [5, 5.41) is 21.9. The minimum absolute atomic E-state index is 0.00926. The van der Waals surface area contributed by atoms with Crippen LogP contribution in [0.5, 0.6) is 0 Å². The summed E-state index contributed by atoms with van der Waals surface area (Å²) in [6.07, 6.45) is 7.50. The van der Waals surface area contributed by atoms with E-state index in [4.69, 9.17) is 0 Å². The van der Waals surface area contributed by atoms with Gasteiger partial charge in [0.1, 0.15) is 0 Å². The van der Waals surface area contributed by atoms with Crippen LogP contribution >= 0.6 is 0 Å². The van der Waals surface area contributed by atoms with Crippen LogP contribution in [0.1, 0.15) is 11.1 Å². The topological polar surface area (TPSA) is 167 Å². The lowest BCUT2D eigenvalue weighted by Crippen LogP contribution is -2.15. The molecule has 36 heavy (non-hydrogen) atoms. The molecule has 0 saturated heterocycles. The van der Waals surface area contributed by atoms with Crippen molar-refractivity contribution in [2.45, 2.75) is 9.79 Å². The number of pyridine rings is 2. The van der Waals surface area contributed by atoms with Crippen LogP contribution < -0.4 is 20.2 Å². The van der Waals surface area contributed by atoms with Crippen molar-refractivity contribution < 1.29 is 37.0 Å². The van der Waals surface area contributed by atoms with Crippen molar-refractivity contribution in [1.82, 2.24) is 0 Å². The van der Waals surface area contributed by atoms with Crippen LogP contribution in [-0.4, -0.2) is 28.6 Å². The highest BCUT2D eigenvalue weighted by Gasteiger charge is 2.23. The second-order valence-electron chi connectivity index (χ2n) is 6.89. The lowest BCUT2D eigenvalue weighted by atomic mass is 10.2. The highest BCUT2D eigenvalue weighted by Crippen LogP contribution is 2.24. The maximum Gasteiger partial charge on any atom is 0.282 e. The molecule has 2 aromatic carbocycles. The Hall–Kier alpha value is -4.42. The number of rotatable bonds is 0. The highest BCUT2D eigenvalue weighted by atomic mass is 32.2. The number of nitrogens with one attached hydrogen (secondary N) is 2. The summed E-state index contributed by atoms with van der Waals surface area (Å²) in [6.45, 7) is 0. The minimum atomic E-state index is -3.68. The molecule has 2 aromatic heterocycles. The maximum atomic E-state index is 11.1. The quantitative estimate of drug-likeness (QED) is 0.314. The van der Waals surface area contributed by atoms with E-state index in [0.717, 1.165) is 0 Å². The number of aromatic nitrogens is 2. The van der Waals surface area contributed by atoms with Crippen LogP contribution in [-0.2, 0) is 20.0 Å². The number of aromatic amines is 2. The standard InChI is InChI=1S/2C7H5NO3S.2C5H5N/c2*9-7-5-3-1-2-4-6(5)12(10,11)8-7;2*1-2-4-6-5-3-1/h2*1-4H,(H,8,9);2*1-5H. The number of nitrogens with zero attached hydrogens (tertiary/aromatic N) is 2. The average molecular weight is 525 g/mol. The summed E-state index contributed by atoms with van der Waals surface area (Å²) >= 11 is 0. The molecule has 2 aliphatic heterocycles. The first-order valence-electron chi connectivity index (χ1n) is 10.3. The summed E-state index contributed by atoms with van der Waals surface area (Å²) in [4.78, 5) is 5.80. The third-order valence-electron chi connectivity index (χ3n) is 4.41. The van der Waals surface area contributed by atoms with Crippen molar-refractivity contribution >= 4 is 31.8 Å². The van der Waals surface area contributed by atoms with Crippen molar-refractivity contribution in [3.8, 4) is 0 Å². The van der Waals surface area contributed by atoms with Crippen molar-refractivity contribution in [1.29, 1.82) is 0 Å². The summed E-state index contributed by atoms with van der Waals surface area (Å²) in [6, 6.07) is 23.7. The Bertz CT molecular complexity index is 1400. The fourth-order valence-electron chi connectivity index (χ4n) is 2.84. The van der Waals surface area contributed by atoms with E-state index in [0.29, 0.717) is 0 Å². The van der Waals surface area contributed by atoms with Gasteiger partial charge in [-0.25, -0.2) is 9.97 Å². The molecule has 2 aliphatic rings. The molecule has 0 amide bonds. The number of hydrogen-bond acceptors (Lipinski definition) is 6. The third-order valence-corrected chi connectivity index (χ3v) is 7.05. The fourth-order valence-corrected chi connectivity index (χ4v) is 5.03. The normalized spacial score (nSPS) is 15.0. The summed E-state index contributed by atoms with van der Waals surface area (Å²) in [5.41, 5.74) is 0.329. The van der Waals surface area contributed by atoms with Crippen LogP contribution in [0.25, 0.3) is 0 Å². The van der Waals surface area contributed by atoms with Crippen LogP contribution in [0.2, 0.25) is 0 Å². The molecular weight excluding hydrogens is 504 g/mol. The Labute approximate surface area is 208 Å². The molecule has 0 bridgehead atoms. The van der Waals surface area contributed by atoms with Gasteiger partial charge in [-0.2, -0.15) is 25.6 Å². The molecule has 0 radical (unpaired) electrons. The minimum Gasteiger partial charge on any atom is -0.858 e. The zero-order chi connectivity index (χ0) is 26.0. The summed E-state index contributed by atoms with van der Waals surface area (Å²) in [7, 11) is -7.36. The Morgan fingerprint density at radius 2 is 0.833 bits per heavy atom. The lowest BCUT2D eigenvalue weighted by Gasteiger charge is -2.01. The van der Waals surface area contributed by atoms with Gasteiger partial charge in [-0.1, -0.05) is 48.5 Å². The van der Waals surface area contributed by atoms with E-state index in [1.165, 1.54) is 24.3 Å². The summed E-state index contributed by atoms with van der Waals surface area (Å²) < 4.78 is 50.3. The summed E-state index contributed by atoms with van der Waals surface area (Å²) in [5.74, 6) is -1.35. The van der Waals surface area contributed by atoms with Gasteiger partial charge in [-0.3, -0.25) is 0 Å². The molecule has 0 fully saturated rings. The number of sulfonamides is 2. The number of H-pyrrole nitrogens is 2. The first kappa shape index (κ1) is 26.2. The number of hydrogen-bond donors (Lipinski definition) is 0. The Morgan fingerprint density at radius 1 is 0.500 bits per heavy atom. The molecule has 0 saturated carbocycles. The van der Waals surface area contributed by atoms with E-state index in [-0.39, 0.29) is 20.9 Å². The molecule has 6 rings (SSSR count). The van der Waals surface area contributed by atoms with Crippen molar-refractivity contribution in [2.24, 2.45) is 8.80 Å². The van der Waals surface area contributed by atoms with Crippen LogP contribution in [0.3, 0.4) is 0 Å². The van der Waals surface area contributed by atoms with E-state index >= 15 is 0 Å².